The van der Waals surface area contributed by atoms with Gasteiger partial charge in [-0.05, 0) is 117 Å². The molecule has 10 atom stereocenters. The molecule has 0 N–H and O–H groups in total. The molecule has 0 aromatic carbocycles. The molecule has 5 aliphatic carbocycles. The quantitative estimate of drug-likeness (QED) is 0.168. The first-order valence-corrected chi connectivity index (χ1v) is 17.1. The number of carbonyl (C=O) groups excluding carboxylic acids is 3. The molecule has 0 spiro atoms. The summed E-state index contributed by atoms with van der Waals surface area (Å²) in [6.45, 7) is 21.3. The first-order chi connectivity index (χ1) is 20.1. The lowest BCUT2D eigenvalue weighted by Gasteiger charge is -2.73. The van der Waals surface area contributed by atoms with E-state index in [1.54, 1.807) is 6.92 Å². The van der Waals surface area contributed by atoms with Crippen LogP contribution in [-0.2, 0) is 28.6 Å². The Morgan fingerprint density at radius 3 is 2.12 bits per heavy atom. The van der Waals surface area contributed by atoms with Crippen LogP contribution in [0.5, 0.6) is 0 Å². The summed E-state index contributed by atoms with van der Waals surface area (Å²) in [5.74, 6) is 1.87. The molecule has 6 nitrogen and oxygen atoms in total. The van der Waals surface area contributed by atoms with Crippen molar-refractivity contribution >= 4 is 17.9 Å². The largest absolute Gasteiger partial charge is 0.469 e. The zero-order chi connectivity index (χ0) is 31.6. The van der Waals surface area contributed by atoms with Crippen LogP contribution < -0.4 is 0 Å². The minimum Gasteiger partial charge on any atom is -0.469 e. The van der Waals surface area contributed by atoms with Gasteiger partial charge in [0.1, 0.15) is 6.10 Å². The van der Waals surface area contributed by atoms with Crippen molar-refractivity contribution in [3.63, 3.8) is 0 Å². The molecule has 5 aliphatic rings. The van der Waals surface area contributed by atoms with Crippen LogP contribution in [0.4, 0.5) is 0 Å². The molecule has 43 heavy (non-hydrogen) atoms. The van der Waals surface area contributed by atoms with Crippen molar-refractivity contribution < 1.29 is 28.6 Å². The van der Waals surface area contributed by atoms with Crippen molar-refractivity contribution in [3.05, 3.63) is 12.2 Å². The Hall–Kier alpha value is -1.85. The van der Waals surface area contributed by atoms with Crippen LogP contribution in [0.2, 0.25) is 0 Å². The van der Waals surface area contributed by atoms with Gasteiger partial charge in [-0.1, -0.05) is 46.8 Å². The van der Waals surface area contributed by atoms with E-state index in [1.165, 1.54) is 44.8 Å². The van der Waals surface area contributed by atoms with Gasteiger partial charge in [-0.2, -0.15) is 0 Å². The molecule has 0 aromatic rings. The van der Waals surface area contributed by atoms with Gasteiger partial charge in [0.15, 0.2) is 0 Å². The smallest absolute Gasteiger partial charge is 0.306 e. The van der Waals surface area contributed by atoms with Gasteiger partial charge in [-0.15, -0.1) is 0 Å². The fraction of sp³-hybridized carbons (Fsp3) is 0.865. The van der Waals surface area contributed by atoms with Crippen LogP contribution in [0.15, 0.2) is 12.2 Å². The Kier molecular flexibility index (Phi) is 8.47. The summed E-state index contributed by atoms with van der Waals surface area (Å²) in [6, 6.07) is 0. The first kappa shape index (κ1) is 32.5. The maximum absolute atomic E-state index is 12.7. The molecule has 5 fully saturated rings. The molecule has 0 amide bonds. The number of fused-ring (bicyclic) bond motifs is 7. The topological polar surface area (TPSA) is 78.9 Å². The molecule has 0 heterocycles. The third kappa shape index (κ3) is 5.00. The van der Waals surface area contributed by atoms with Crippen molar-refractivity contribution in [1.29, 1.82) is 0 Å². The Morgan fingerprint density at radius 1 is 0.767 bits per heavy atom. The van der Waals surface area contributed by atoms with Crippen LogP contribution >= 0.6 is 0 Å². The van der Waals surface area contributed by atoms with Crippen molar-refractivity contribution in [2.24, 2.45) is 56.7 Å². The highest BCUT2D eigenvalue weighted by molar-refractivity contribution is 5.77. The lowest BCUT2D eigenvalue weighted by Crippen LogP contribution is -2.67. The number of hydrogen-bond acceptors (Lipinski definition) is 6. The normalized spacial score (nSPS) is 44.6. The van der Waals surface area contributed by atoms with Crippen LogP contribution in [-0.4, -0.2) is 37.7 Å². The standard InChI is InChI=1S/C37H58O6/c1-23(2)25-14-19-37(22-42-31(40)13-12-30(39)41-9)21-20-35(7)26(32(25)37)10-11-28-34(6)17-16-29(43-24(3)38)33(4,5)27(34)15-18-36(28,35)8/h25-29,32H,1,10-22H2,2-9H3/t25-,26+,27+,28+,29-,32-,34-,35+,36+,37+/m0/s1. The number of allylic oxidation sites excluding steroid dienone is 1. The number of methoxy groups -OCH3 is 1. The van der Waals surface area contributed by atoms with E-state index in [0.29, 0.717) is 36.2 Å². The van der Waals surface area contributed by atoms with Gasteiger partial charge >= 0.3 is 17.9 Å². The van der Waals surface area contributed by atoms with E-state index in [4.69, 9.17) is 14.2 Å². The lowest BCUT2D eigenvalue weighted by molar-refractivity contribution is -0.252. The second-order valence-electron chi connectivity index (χ2n) is 16.7. The van der Waals surface area contributed by atoms with Gasteiger partial charge < -0.3 is 14.2 Å². The Labute approximate surface area is 260 Å². The van der Waals surface area contributed by atoms with E-state index in [-0.39, 0.29) is 63.9 Å². The van der Waals surface area contributed by atoms with Gasteiger partial charge in [-0.3, -0.25) is 14.4 Å². The van der Waals surface area contributed by atoms with Crippen LogP contribution in [0, 0.1) is 56.7 Å². The summed E-state index contributed by atoms with van der Waals surface area (Å²) in [4.78, 5) is 36.3. The van der Waals surface area contributed by atoms with E-state index >= 15 is 0 Å². The van der Waals surface area contributed by atoms with Crippen molar-refractivity contribution in [3.8, 4) is 0 Å². The predicted molar refractivity (Wildman–Crippen MR) is 167 cm³/mol. The van der Waals surface area contributed by atoms with Crippen LogP contribution in [0.1, 0.15) is 126 Å². The average molecular weight is 599 g/mol. The van der Waals surface area contributed by atoms with Crippen molar-refractivity contribution in [1.82, 2.24) is 0 Å². The maximum atomic E-state index is 12.7. The molecule has 5 saturated carbocycles. The first-order valence-electron chi connectivity index (χ1n) is 17.1. The minimum absolute atomic E-state index is 0.000188. The fourth-order valence-electron chi connectivity index (χ4n) is 12.5. The van der Waals surface area contributed by atoms with Crippen LogP contribution in [0.3, 0.4) is 0 Å². The van der Waals surface area contributed by atoms with Gasteiger partial charge in [0.2, 0.25) is 0 Å². The molecule has 6 heteroatoms. The molecule has 0 radical (unpaired) electrons. The van der Waals surface area contributed by atoms with Crippen LogP contribution in [0.25, 0.3) is 0 Å². The van der Waals surface area contributed by atoms with E-state index < -0.39 is 0 Å². The summed E-state index contributed by atoms with van der Waals surface area (Å²) in [6.07, 6.45) is 11.6. The zero-order valence-corrected chi connectivity index (χ0v) is 28.3. The molecule has 0 aromatic heterocycles. The van der Waals surface area contributed by atoms with Gasteiger partial charge in [0, 0.05) is 17.8 Å². The highest BCUT2D eigenvalue weighted by Gasteiger charge is 2.71. The van der Waals surface area contributed by atoms with E-state index in [9.17, 15) is 14.4 Å². The SMILES string of the molecule is C=C(C)[C@@H]1CC[C@]2(COC(=O)CCC(=O)OC)CC[C@]3(C)[C@H](CC[C@@H]4[C@@]5(C)CC[C@H](OC(C)=O)C(C)(C)[C@H]5CC[C@]43C)[C@H]12. The van der Waals surface area contributed by atoms with Gasteiger partial charge in [-0.25, -0.2) is 0 Å². The second-order valence-corrected chi connectivity index (χ2v) is 16.7. The lowest BCUT2D eigenvalue weighted by atomic mass is 9.32. The zero-order valence-electron chi connectivity index (χ0n) is 28.3. The van der Waals surface area contributed by atoms with Gasteiger partial charge in [0.05, 0.1) is 26.6 Å². The molecular formula is C37H58O6. The molecular weight excluding hydrogens is 540 g/mol. The second kappa shape index (κ2) is 11.2. The summed E-state index contributed by atoms with van der Waals surface area (Å²) < 4.78 is 16.6. The highest BCUT2D eigenvalue weighted by Crippen LogP contribution is 2.77. The number of carbonyl (C=O) groups is 3. The van der Waals surface area contributed by atoms with Gasteiger partial charge in [0.25, 0.3) is 0 Å². The average Bonchev–Trinajstić information content (AvgIpc) is 3.32. The van der Waals surface area contributed by atoms with E-state index in [2.05, 4.69) is 48.1 Å². The summed E-state index contributed by atoms with van der Waals surface area (Å²) in [7, 11) is 1.35. The summed E-state index contributed by atoms with van der Waals surface area (Å²) in [5, 5.41) is 0. The van der Waals surface area contributed by atoms with Crippen molar-refractivity contribution in [2.45, 2.75) is 132 Å². The molecule has 5 rings (SSSR count). The van der Waals surface area contributed by atoms with E-state index in [0.717, 1.165) is 32.1 Å². The van der Waals surface area contributed by atoms with Crippen molar-refractivity contribution in [2.75, 3.05) is 13.7 Å². The summed E-state index contributed by atoms with van der Waals surface area (Å²) >= 11 is 0. The maximum Gasteiger partial charge on any atom is 0.306 e. The number of rotatable bonds is 7. The van der Waals surface area contributed by atoms with E-state index in [1.807, 2.05) is 0 Å². The summed E-state index contributed by atoms with van der Waals surface area (Å²) in [5.41, 5.74) is 1.91. The Bertz CT molecular complexity index is 1140. The number of hydrogen-bond donors (Lipinski definition) is 0. The molecule has 0 saturated heterocycles. The number of ether oxygens (including phenoxy) is 3. The molecule has 0 unspecified atom stereocenters. The minimum atomic E-state index is -0.374. The monoisotopic (exact) mass is 598 g/mol. The Morgan fingerprint density at radius 2 is 1.47 bits per heavy atom. The molecule has 0 bridgehead atoms. The number of esters is 3. The fourth-order valence-corrected chi connectivity index (χ4v) is 12.5. The molecule has 242 valence electrons. The third-order valence-electron chi connectivity index (χ3n) is 14.8. The Balaban J connectivity index is 1.42. The third-order valence-corrected chi connectivity index (χ3v) is 14.8. The highest BCUT2D eigenvalue weighted by atomic mass is 16.5. The molecule has 0 aliphatic heterocycles. The predicted octanol–water partition coefficient (Wildman–Crippen LogP) is 8.07.